The van der Waals surface area contributed by atoms with E-state index in [9.17, 15) is 9.18 Å². The van der Waals surface area contributed by atoms with Gasteiger partial charge in [0.2, 0.25) is 0 Å². The fourth-order valence-electron chi connectivity index (χ4n) is 2.52. The molecule has 0 radical (unpaired) electrons. The number of hydrogen-bond donors (Lipinski definition) is 1. The summed E-state index contributed by atoms with van der Waals surface area (Å²) in [5, 5.41) is 0.885. The molecule has 3 aromatic rings. The number of carbonyl (C=O) groups is 1. The van der Waals surface area contributed by atoms with Gasteiger partial charge in [0.15, 0.2) is 5.78 Å². The van der Waals surface area contributed by atoms with E-state index in [0.29, 0.717) is 11.1 Å². The average molecular weight is 282 g/mol. The van der Waals surface area contributed by atoms with E-state index < -0.39 is 5.82 Å². The minimum Gasteiger partial charge on any atom is -0.396 e. The average Bonchev–Trinajstić information content (AvgIpc) is 2.78. The monoisotopic (exact) mass is 282 g/mol. The zero-order chi connectivity index (χ0) is 15.1. The molecule has 1 heterocycles. The van der Waals surface area contributed by atoms with Gasteiger partial charge < -0.3 is 10.3 Å². The summed E-state index contributed by atoms with van der Waals surface area (Å²) in [7, 11) is 1.90. The molecule has 0 unspecified atom stereocenters. The van der Waals surface area contributed by atoms with E-state index in [1.807, 2.05) is 36.7 Å². The van der Waals surface area contributed by atoms with Crippen molar-refractivity contribution in [2.24, 2.45) is 7.05 Å². The van der Waals surface area contributed by atoms with E-state index >= 15 is 0 Å². The Morgan fingerprint density at radius 2 is 1.95 bits per heavy atom. The van der Waals surface area contributed by atoms with E-state index in [4.69, 9.17) is 5.73 Å². The van der Waals surface area contributed by atoms with Crippen LogP contribution in [0.15, 0.2) is 42.6 Å². The normalized spacial score (nSPS) is 11.0. The van der Waals surface area contributed by atoms with E-state index in [2.05, 4.69) is 0 Å². The summed E-state index contributed by atoms with van der Waals surface area (Å²) in [6, 6.07) is 10.00. The molecule has 0 bridgehead atoms. The van der Waals surface area contributed by atoms with Crippen molar-refractivity contribution in [2.45, 2.75) is 6.92 Å². The lowest BCUT2D eigenvalue weighted by Crippen LogP contribution is -2.02. The van der Waals surface area contributed by atoms with E-state index in [1.165, 1.54) is 18.2 Å². The highest BCUT2D eigenvalue weighted by Crippen LogP contribution is 2.25. The van der Waals surface area contributed by atoms with Crippen LogP contribution in [0.1, 0.15) is 21.5 Å². The van der Waals surface area contributed by atoms with Gasteiger partial charge in [0.25, 0.3) is 0 Å². The van der Waals surface area contributed by atoms with E-state index in [1.54, 1.807) is 6.20 Å². The van der Waals surface area contributed by atoms with Gasteiger partial charge in [0.1, 0.15) is 5.82 Å². The summed E-state index contributed by atoms with van der Waals surface area (Å²) in [6.07, 6.45) is 1.80. The first-order valence-corrected chi connectivity index (χ1v) is 6.63. The number of hydrogen-bond acceptors (Lipinski definition) is 2. The van der Waals surface area contributed by atoms with Gasteiger partial charge in [-0.3, -0.25) is 4.79 Å². The molecule has 3 nitrogen and oxygen atoms in total. The number of halogens is 1. The Kier molecular flexibility index (Phi) is 3.01. The van der Waals surface area contributed by atoms with Crippen LogP contribution in [-0.2, 0) is 7.05 Å². The molecule has 0 amide bonds. The van der Waals surface area contributed by atoms with Crippen LogP contribution >= 0.6 is 0 Å². The molecule has 106 valence electrons. The summed E-state index contributed by atoms with van der Waals surface area (Å²) < 4.78 is 15.1. The number of rotatable bonds is 2. The lowest BCUT2D eigenvalue weighted by atomic mass is 10.0. The minimum absolute atomic E-state index is 0.0167. The Hall–Kier alpha value is -2.62. The first-order valence-electron chi connectivity index (χ1n) is 6.63. The van der Waals surface area contributed by atoms with Crippen LogP contribution in [0.2, 0.25) is 0 Å². The van der Waals surface area contributed by atoms with Crippen molar-refractivity contribution in [3.05, 3.63) is 65.1 Å². The number of carbonyl (C=O) groups excluding carboxylic acids is 1. The maximum absolute atomic E-state index is 13.2. The van der Waals surface area contributed by atoms with Crippen LogP contribution in [0.4, 0.5) is 10.1 Å². The van der Waals surface area contributed by atoms with E-state index in [0.717, 1.165) is 16.5 Å². The Labute approximate surface area is 121 Å². The smallest absolute Gasteiger partial charge is 0.195 e. The zero-order valence-electron chi connectivity index (χ0n) is 11.9. The second-order valence-corrected chi connectivity index (χ2v) is 5.24. The van der Waals surface area contributed by atoms with Gasteiger partial charge in [-0.2, -0.15) is 0 Å². The van der Waals surface area contributed by atoms with Gasteiger partial charge in [0.05, 0.1) is 5.69 Å². The van der Waals surface area contributed by atoms with Crippen molar-refractivity contribution < 1.29 is 9.18 Å². The fraction of sp³-hybridized carbons (Fsp3) is 0.118. The van der Waals surface area contributed by atoms with Crippen LogP contribution in [-0.4, -0.2) is 10.4 Å². The number of ketones is 1. The summed E-state index contributed by atoms with van der Waals surface area (Å²) in [5.41, 5.74) is 8.64. The van der Waals surface area contributed by atoms with Gasteiger partial charge in [-0.05, 0) is 36.8 Å². The largest absolute Gasteiger partial charge is 0.396 e. The number of nitrogen functional groups attached to an aromatic ring is 1. The van der Waals surface area contributed by atoms with Gasteiger partial charge in [-0.15, -0.1) is 0 Å². The van der Waals surface area contributed by atoms with Crippen LogP contribution < -0.4 is 5.73 Å². The molecule has 2 aromatic carbocycles. The Bertz CT molecular complexity index is 865. The maximum Gasteiger partial charge on any atom is 0.195 e. The Morgan fingerprint density at radius 3 is 2.67 bits per heavy atom. The molecule has 4 heteroatoms. The molecule has 0 saturated heterocycles. The van der Waals surface area contributed by atoms with Crippen LogP contribution in [0.5, 0.6) is 0 Å². The third-order valence-corrected chi connectivity index (χ3v) is 3.65. The highest BCUT2D eigenvalue weighted by atomic mass is 19.1. The molecule has 0 aliphatic carbocycles. The molecular formula is C17H15FN2O. The summed E-state index contributed by atoms with van der Waals surface area (Å²) in [5.74, 6) is -0.670. The predicted molar refractivity (Wildman–Crippen MR) is 81.9 cm³/mol. The van der Waals surface area contributed by atoms with Gasteiger partial charge in [0, 0.05) is 35.3 Å². The van der Waals surface area contributed by atoms with E-state index in [-0.39, 0.29) is 11.5 Å². The number of aromatic nitrogens is 1. The van der Waals surface area contributed by atoms with Crippen molar-refractivity contribution in [1.29, 1.82) is 0 Å². The van der Waals surface area contributed by atoms with Gasteiger partial charge >= 0.3 is 0 Å². The molecule has 0 saturated carbocycles. The number of nitrogens with two attached hydrogens (primary N) is 1. The van der Waals surface area contributed by atoms with Gasteiger partial charge in [-0.1, -0.05) is 12.1 Å². The summed E-state index contributed by atoms with van der Waals surface area (Å²) in [4.78, 5) is 12.6. The second-order valence-electron chi connectivity index (χ2n) is 5.24. The SMILES string of the molecule is Cc1ccc2c(C(=O)c3ccc(F)c(N)c3)cn(C)c2c1. The molecule has 0 atom stereocenters. The van der Waals surface area contributed by atoms with Crippen molar-refractivity contribution in [3.63, 3.8) is 0 Å². The molecular weight excluding hydrogens is 267 g/mol. The minimum atomic E-state index is -0.514. The van der Waals surface area contributed by atoms with Crippen LogP contribution in [0.25, 0.3) is 10.9 Å². The first-order chi connectivity index (χ1) is 9.97. The number of nitrogens with zero attached hydrogens (tertiary/aromatic N) is 1. The van der Waals surface area contributed by atoms with Crippen LogP contribution in [0.3, 0.4) is 0 Å². The molecule has 0 spiro atoms. The molecule has 0 aliphatic rings. The maximum atomic E-state index is 13.2. The topological polar surface area (TPSA) is 48.0 Å². The fourth-order valence-corrected chi connectivity index (χ4v) is 2.52. The van der Waals surface area contributed by atoms with Crippen molar-refractivity contribution in [2.75, 3.05) is 5.73 Å². The molecule has 2 N–H and O–H groups in total. The number of anilines is 1. The number of aryl methyl sites for hydroxylation is 2. The summed E-state index contributed by atoms with van der Waals surface area (Å²) in [6.45, 7) is 2.01. The standard InChI is InChI=1S/C17H15FN2O/c1-10-3-5-12-13(9-20(2)16(12)7-10)17(21)11-4-6-14(18)15(19)8-11/h3-9H,19H2,1-2H3. The van der Waals surface area contributed by atoms with Crippen molar-refractivity contribution >= 4 is 22.4 Å². The zero-order valence-corrected chi connectivity index (χ0v) is 11.9. The first kappa shape index (κ1) is 13.4. The number of fused-ring (bicyclic) bond motifs is 1. The quantitative estimate of drug-likeness (QED) is 0.578. The molecule has 3 rings (SSSR count). The Balaban J connectivity index is 2.15. The van der Waals surface area contributed by atoms with Crippen LogP contribution in [0, 0.1) is 12.7 Å². The highest BCUT2D eigenvalue weighted by Gasteiger charge is 2.16. The molecule has 0 fully saturated rings. The number of benzene rings is 2. The van der Waals surface area contributed by atoms with Gasteiger partial charge in [-0.25, -0.2) is 4.39 Å². The predicted octanol–water partition coefficient (Wildman–Crippen LogP) is 3.44. The molecule has 0 aliphatic heterocycles. The molecule has 1 aromatic heterocycles. The highest BCUT2D eigenvalue weighted by molar-refractivity contribution is 6.16. The Morgan fingerprint density at radius 1 is 1.19 bits per heavy atom. The third kappa shape index (κ3) is 2.18. The lowest BCUT2D eigenvalue weighted by molar-refractivity contribution is 0.104. The summed E-state index contributed by atoms with van der Waals surface area (Å²) >= 11 is 0. The lowest BCUT2D eigenvalue weighted by Gasteiger charge is -2.02. The van der Waals surface area contributed by atoms with Crippen molar-refractivity contribution in [3.8, 4) is 0 Å². The van der Waals surface area contributed by atoms with Crippen molar-refractivity contribution in [1.82, 2.24) is 4.57 Å². The third-order valence-electron chi connectivity index (χ3n) is 3.65. The second kappa shape index (κ2) is 4.74. The molecule has 21 heavy (non-hydrogen) atoms.